The molecule has 0 saturated carbocycles. The van der Waals surface area contributed by atoms with Crippen molar-refractivity contribution in [3.8, 4) is 17.2 Å². The molecule has 0 saturated heterocycles. The van der Waals surface area contributed by atoms with E-state index in [2.05, 4.69) is 4.98 Å². The minimum atomic E-state index is -4.07. The number of amides is 1. The number of imidazole rings is 1. The van der Waals surface area contributed by atoms with Gasteiger partial charge in [-0.2, -0.15) is 4.31 Å². The van der Waals surface area contributed by atoms with Gasteiger partial charge in [0, 0.05) is 24.5 Å². The van der Waals surface area contributed by atoms with Crippen LogP contribution in [0, 0.1) is 0 Å². The molecule has 0 bridgehead atoms. The number of rotatable bonds is 6. The van der Waals surface area contributed by atoms with E-state index in [1.165, 1.54) is 18.4 Å². The Hall–Kier alpha value is -3.64. The Balaban J connectivity index is 0.00000289. The molecule has 4 aromatic rings. The summed E-state index contributed by atoms with van der Waals surface area (Å²) < 4.78 is 40.8. The molecule has 10 nitrogen and oxygen atoms in total. The number of hydrogen-bond donors (Lipinski definition) is 2. The highest BCUT2D eigenvalue weighted by Crippen LogP contribution is 2.31. The number of hydrogen-bond acceptors (Lipinski definition) is 7. The molecule has 1 atom stereocenters. The fraction of sp³-hybridized carbons (Fsp3) is 0.130. The Morgan fingerprint density at radius 1 is 1.09 bits per heavy atom. The Bertz CT molecular complexity index is 1400. The minimum Gasteiger partial charge on any atom is -0.468 e. The average molecular weight is 517 g/mol. The van der Waals surface area contributed by atoms with Gasteiger partial charge in [-0.3, -0.25) is 10.0 Å². The number of aromatic nitrogens is 2. The number of hydroxylamine groups is 1. The quantitative estimate of drug-likeness (QED) is 0.297. The summed E-state index contributed by atoms with van der Waals surface area (Å²) in [5.41, 5.74) is 3.21. The van der Waals surface area contributed by atoms with Crippen LogP contribution in [0.1, 0.15) is 11.3 Å². The summed E-state index contributed by atoms with van der Waals surface area (Å²) in [6.07, 6.45) is 6.75. The molecule has 3 heterocycles. The van der Waals surface area contributed by atoms with Crippen LogP contribution in [0.15, 0.2) is 88.9 Å². The molecule has 1 amide bonds. The van der Waals surface area contributed by atoms with Gasteiger partial charge in [-0.15, -0.1) is 12.4 Å². The predicted molar refractivity (Wildman–Crippen MR) is 126 cm³/mol. The van der Waals surface area contributed by atoms with Gasteiger partial charge in [-0.25, -0.2) is 18.9 Å². The van der Waals surface area contributed by atoms with Gasteiger partial charge in [0.2, 0.25) is 10.0 Å². The van der Waals surface area contributed by atoms with Crippen molar-refractivity contribution in [3.63, 3.8) is 0 Å². The predicted octanol–water partition coefficient (Wildman–Crippen LogP) is 3.30. The summed E-state index contributed by atoms with van der Waals surface area (Å²) in [5, 5.41) is 9.12. The van der Waals surface area contributed by atoms with Crippen molar-refractivity contribution in [2.24, 2.45) is 0 Å². The highest BCUT2D eigenvalue weighted by Gasteiger charge is 2.40. The fourth-order valence-corrected chi connectivity index (χ4v) is 5.39. The molecule has 2 N–H and O–H groups in total. The highest BCUT2D eigenvalue weighted by atomic mass is 35.5. The van der Waals surface area contributed by atoms with Crippen molar-refractivity contribution >= 4 is 28.3 Å². The fourth-order valence-electron chi connectivity index (χ4n) is 3.85. The minimum absolute atomic E-state index is 0. The first-order valence-corrected chi connectivity index (χ1v) is 11.8. The molecule has 0 radical (unpaired) electrons. The van der Waals surface area contributed by atoms with Gasteiger partial charge in [-0.05, 0) is 60.2 Å². The molecular formula is C23H21ClN4O6S. The Kier molecular flexibility index (Phi) is 6.94. The lowest BCUT2D eigenvalue weighted by atomic mass is 10.0. The van der Waals surface area contributed by atoms with Crippen LogP contribution >= 0.6 is 12.4 Å². The third kappa shape index (κ3) is 4.80. The maximum atomic E-state index is 13.3. The van der Waals surface area contributed by atoms with Crippen LogP contribution in [0.3, 0.4) is 0 Å². The van der Waals surface area contributed by atoms with Gasteiger partial charge in [-0.1, -0.05) is 0 Å². The van der Waals surface area contributed by atoms with Crippen molar-refractivity contribution in [1.29, 1.82) is 0 Å². The van der Waals surface area contributed by atoms with Crippen molar-refractivity contribution in [3.05, 3.63) is 90.9 Å². The number of benzene rings is 2. The smallest absolute Gasteiger partial charge is 0.262 e. The zero-order valence-corrected chi connectivity index (χ0v) is 19.8. The van der Waals surface area contributed by atoms with Crippen molar-refractivity contribution in [2.45, 2.75) is 23.9 Å². The molecule has 0 aliphatic carbocycles. The maximum Gasteiger partial charge on any atom is 0.262 e. The van der Waals surface area contributed by atoms with Crippen LogP contribution in [0.2, 0.25) is 0 Å². The number of fused-ring (bicyclic) bond motifs is 1. The molecule has 0 spiro atoms. The number of furan rings is 1. The van der Waals surface area contributed by atoms with Gasteiger partial charge in [0.05, 0.1) is 24.0 Å². The molecule has 2 aromatic heterocycles. The average Bonchev–Trinajstić information content (AvgIpc) is 3.55. The monoisotopic (exact) mass is 516 g/mol. The summed E-state index contributed by atoms with van der Waals surface area (Å²) in [6.45, 7) is -0.121. The Labute approximate surface area is 207 Å². The van der Waals surface area contributed by atoms with E-state index >= 15 is 0 Å². The molecule has 35 heavy (non-hydrogen) atoms. The van der Waals surface area contributed by atoms with Crippen molar-refractivity contribution < 1.29 is 27.6 Å². The van der Waals surface area contributed by atoms with E-state index in [4.69, 9.17) is 14.4 Å². The summed E-state index contributed by atoms with van der Waals surface area (Å²) >= 11 is 0. The van der Waals surface area contributed by atoms with Crippen LogP contribution in [0.25, 0.3) is 5.69 Å². The van der Waals surface area contributed by atoms with E-state index in [1.807, 2.05) is 22.9 Å². The normalized spacial score (nSPS) is 15.6. The topological polar surface area (TPSA) is 127 Å². The van der Waals surface area contributed by atoms with Crippen LogP contribution in [0.4, 0.5) is 0 Å². The zero-order chi connectivity index (χ0) is 23.7. The highest BCUT2D eigenvalue weighted by molar-refractivity contribution is 7.89. The largest absolute Gasteiger partial charge is 0.468 e. The Morgan fingerprint density at radius 2 is 1.77 bits per heavy atom. The third-order valence-corrected chi connectivity index (χ3v) is 7.49. The van der Waals surface area contributed by atoms with Crippen LogP contribution < -0.4 is 10.2 Å². The second kappa shape index (κ2) is 9.92. The molecule has 0 fully saturated rings. The van der Waals surface area contributed by atoms with Crippen LogP contribution in [-0.4, -0.2) is 39.4 Å². The van der Waals surface area contributed by atoms with Gasteiger partial charge in [0.25, 0.3) is 5.91 Å². The van der Waals surface area contributed by atoms with E-state index in [0.29, 0.717) is 17.3 Å². The number of sulfonamides is 1. The van der Waals surface area contributed by atoms with Crippen molar-refractivity contribution in [2.75, 3.05) is 0 Å². The lowest BCUT2D eigenvalue weighted by molar-refractivity contribution is -0.133. The Morgan fingerprint density at radius 3 is 2.40 bits per heavy atom. The summed E-state index contributed by atoms with van der Waals surface area (Å²) in [5.74, 6) is 0.686. The van der Waals surface area contributed by atoms with Crippen molar-refractivity contribution in [1.82, 2.24) is 19.3 Å². The standard InChI is InChI=1S/C23H20N4O6S.ClH/c28-23(25-29)21-13-16-9-12-32-22(16)14-27(21)34(30,31)20-7-5-19(6-8-20)33-18-3-1-17(2-4-18)26-11-10-24-15-26;/h1-12,15,21,29H,13-14H2,(H,25,28);1H/t21-;/m1./s1. The summed E-state index contributed by atoms with van der Waals surface area (Å²) in [7, 11) is -4.07. The van der Waals surface area contributed by atoms with E-state index in [1.54, 1.807) is 48.3 Å². The van der Waals surface area contributed by atoms with E-state index in [0.717, 1.165) is 15.6 Å². The first-order chi connectivity index (χ1) is 16.5. The molecule has 12 heteroatoms. The second-order valence-corrected chi connectivity index (χ2v) is 9.54. The van der Waals surface area contributed by atoms with Gasteiger partial charge >= 0.3 is 0 Å². The molecule has 1 aliphatic heterocycles. The molecule has 2 aromatic carbocycles. The maximum absolute atomic E-state index is 13.3. The van der Waals surface area contributed by atoms with E-state index < -0.39 is 22.0 Å². The lowest BCUT2D eigenvalue weighted by Gasteiger charge is -2.32. The number of nitrogens with zero attached hydrogens (tertiary/aromatic N) is 3. The molecular weight excluding hydrogens is 496 g/mol. The first-order valence-electron chi connectivity index (χ1n) is 10.3. The summed E-state index contributed by atoms with van der Waals surface area (Å²) in [4.78, 5) is 16.2. The number of carbonyl (C=O) groups excluding carboxylic acids is 1. The number of carbonyl (C=O) groups is 1. The summed E-state index contributed by atoms with van der Waals surface area (Å²) in [6, 6.07) is 13.8. The number of ether oxygens (including phenoxy) is 1. The first kappa shape index (κ1) is 24.5. The molecule has 5 rings (SSSR count). The zero-order valence-electron chi connectivity index (χ0n) is 18.1. The second-order valence-electron chi connectivity index (χ2n) is 7.65. The molecule has 182 valence electrons. The lowest BCUT2D eigenvalue weighted by Crippen LogP contribution is -2.51. The number of halogens is 1. The van der Waals surface area contributed by atoms with Crippen LogP contribution in [-0.2, 0) is 27.8 Å². The van der Waals surface area contributed by atoms with Crippen LogP contribution in [0.5, 0.6) is 11.5 Å². The van der Waals surface area contributed by atoms with Gasteiger partial charge in [0.1, 0.15) is 23.3 Å². The van der Waals surface area contributed by atoms with E-state index in [9.17, 15) is 13.2 Å². The molecule has 0 unspecified atom stereocenters. The molecule has 1 aliphatic rings. The van der Waals surface area contributed by atoms with E-state index in [-0.39, 0.29) is 30.3 Å². The number of nitrogens with one attached hydrogen (secondary N) is 1. The SMILES string of the molecule is Cl.O=C(NO)[C@H]1Cc2ccoc2CN1S(=O)(=O)c1ccc(Oc2ccc(-n3ccnc3)cc2)cc1. The van der Waals surface area contributed by atoms with Gasteiger partial charge in [0.15, 0.2) is 0 Å². The third-order valence-electron chi connectivity index (χ3n) is 5.62. The van der Waals surface area contributed by atoms with Gasteiger partial charge < -0.3 is 13.7 Å².